The van der Waals surface area contributed by atoms with E-state index in [2.05, 4.69) is 21.5 Å². The van der Waals surface area contributed by atoms with Crippen molar-refractivity contribution in [1.29, 1.82) is 0 Å². The molecule has 2 heterocycles. The van der Waals surface area contributed by atoms with Gasteiger partial charge in [0.15, 0.2) is 5.69 Å². The van der Waals surface area contributed by atoms with Crippen LogP contribution in [0.3, 0.4) is 0 Å². The van der Waals surface area contributed by atoms with Gasteiger partial charge in [-0.1, -0.05) is 17.0 Å². The fourth-order valence-electron chi connectivity index (χ4n) is 1.59. The summed E-state index contributed by atoms with van der Waals surface area (Å²) in [6.45, 7) is 0.560. The van der Waals surface area contributed by atoms with E-state index in [1.807, 2.05) is 11.4 Å². The molecule has 0 atom stereocenters. The molecule has 0 radical (unpaired) electrons. The molecular formula is C14H14N2O3S. The normalized spacial score (nSPS) is 9.90. The number of carbonyl (C=O) groups excluding carboxylic acids is 1. The number of nitrogens with zero attached hydrogens (tertiary/aromatic N) is 2. The Kier molecular flexibility index (Phi) is 4.93. The lowest BCUT2D eigenvalue weighted by molar-refractivity contribution is 0.0775. The van der Waals surface area contributed by atoms with Gasteiger partial charge in [-0.05, 0) is 17.0 Å². The van der Waals surface area contributed by atoms with Crippen molar-refractivity contribution < 1.29 is 14.4 Å². The molecule has 1 amide bonds. The number of aliphatic hydroxyl groups excluding tert-OH is 1. The quantitative estimate of drug-likeness (QED) is 0.871. The van der Waals surface area contributed by atoms with Crippen LogP contribution in [0.1, 0.15) is 27.3 Å². The van der Waals surface area contributed by atoms with Gasteiger partial charge >= 0.3 is 0 Å². The summed E-state index contributed by atoms with van der Waals surface area (Å²) in [5.41, 5.74) is 1.31. The molecule has 6 heteroatoms. The second-order valence-corrected chi connectivity index (χ2v) is 5.05. The largest absolute Gasteiger partial charge is 0.395 e. The predicted molar refractivity (Wildman–Crippen MR) is 75.2 cm³/mol. The van der Waals surface area contributed by atoms with Crippen LogP contribution in [-0.2, 0) is 6.54 Å². The molecule has 0 aliphatic rings. The van der Waals surface area contributed by atoms with Gasteiger partial charge in [-0.2, -0.15) is 0 Å². The number of thiophene rings is 1. The molecule has 104 valence electrons. The standard InChI is InChI=1S/C14H14N2O3S/c1-16(14(18)13-5-7-19-15-13)9-11-8-12(20-10-11)4-2-3-6-17/h5,7-8,10,17H,3,6,9H2,1H3. The number of aliphatic hydroxyl groups is 1. The summed E-state index contributed by atoms with van der Waals surface area (Å²) in [6, 6.07) is 3.49. The van der Waals surface area contributed by atoms with E-state index in [9.17, 15) is 4.79 Å². The van der Waals surface area contributed by atoms with Crippen molar-refractivity contribution in [3.8, 4) is 11.8 Å². The average molecular weight is 290 g/mol. The minimum absolute atomic E-state index is 0.0696. The third-order valence-corrected chi connectivity index (χ3v) is 3.42. The lowest BCUT2D eigenvalue weighted by Crippen LogP contribution is -2.26. The van der Waals surface area contributed by atoms with Gasteiger partial charge in [0.25, 0.3) is 5.91 Å². The van der Waals surface area contributed by atoms with E-state index in [4.69, 9.17) is 5.11 Å². The molecule has 2 aromatic rings. The summed E-state index contributed by atoms with van der Waals surface area (Å²) in [6.07, 6.45) is 1.85. The Morgan fingerprint density at radius 1 is 1.60 bits per heavy atom. The Morgan fingerprint density at radius 2 is 2.45 bits per heavy atom. The van der Waals surface area contributed by atoms with Gasteiger partial charge in [-0.3, -0.25) is 4.79 Å². The monoisotopic (exact) mass is 290 g/mol. The predicted octanol–water partition coefficient (Wildman–Crippen LogP) is 1.74. The molecule has 2 rings (SSSR count). The van der Waals surface area contributed by atoms with Crippen molar-refractivity contribution >= 4 is 17.2 Å². The van der Waals surface area contributed by atoms with E-state index in [0.717, 1.165) is 10.4 Å². The van der Waals surface area contributed by atoms with Crippen molar-refractivity contribution in [2.24, 2.45) is 0 Å². The molecule has 0 aliphatic carbocycles. The molecule has 0 saturated heterocycles. The van der Waals surface area contributed by atoms with Crippen molar-refractivity contribution in [3.05, 3.63) is 39.9 Å². The summed E-state index contributed by atoms with van der Waals surface area (Å²) in [4.78, 5) is 14.5. The van der Waals surface area contributed by atoms with E-state index >= 15 is 0 Å². The Bertz CT molecular complexity index is 622. The summed E-state index contributed by atoms with van der Waals surface area (Å²) < 4.78 is 4.66. The highest BCUT2D eigenvalue weighted by Gasteiger charge is 2.15. The van der Waals surface area contributed by atoms with Crippen LogP contribution in [-0.4, -0.2) is 34.7 Å². The number of rotatable bonds is 4. The highest BCUT2D eigenvalue weighted by Crippen LogP contribution is 2.16. The van der Waals surface area contributed by atoms with Crippen molar-refractivity contribution in [1.82, 2.24) is 10.1 Å². The number of hydrogen-bond donors (Lipinski definition) is 1. The first-order valence-electron chi connectivity index (χ1n) is 6.03. The van der Waals surface area contributed by atoms with Gasteiger partial charge in [0.2, 0.25) is 0 Å². The summed E-state index contributed by atoms with van der Waals surface area (Å²) >= 11 is 1.52. The summed E-state index contributed by atoms with van der Waals surface area (Å²) in [5, 5.41) is 14.3. The zero-order valence-corrected chi connectivity index (χ0v) is 11.8. The first kappa shape index (κ1) is 14.3. The minimum Gasteiger partial charge on any atom is -0.395 e. The first-order chi connectivity index (χ1) is 9.70. The van der Waals surface area contributed by atoms with Crippen LogP contribution in [0.25, 0.3) is 0 Å². The molecule has 0 aliphatic heterocycles. The molecule has 0 aromatic carbocycles. The summed E-state index contributed by atoms with van der Waals surface area (Å²) in [7, 11) is 1.71. The van der Waals surface area contributed by atoms with Crippen LogP contribution < -0.4 is 0 Å². The van der Waals surface area contributed by atoms with Crippen LogP contribution in [0.4, 0.5) is 0 Å². The van der Waals surface area contributed by atoms with Gasteiger partial charge in [-0.15, -0.1) is 11.3 Å². The van der Waals surface area contributed by atoms with Crippen LogP contribution in [0, 0.1) is 11.8 Å². The van der Waals surface area contributed by atoms with Gasteiger partial charge in [0.05, 0.1) is 11.5 Å². The molecule has 20 heavy (non-hydrogen) atoms. The maximum atomic E-state index is 12.0. The van der Waals surface area contributed by atoms with Crippen LogP contribution >= 0.6 is 11.3 Å². The SMILES string of the molecule is CN(Cc1csc(C#CCCO)c1)C(=O)c1ccon1. The van der Waals surface area contributed by atoms with E-state index in [0.29, 0.717) is 18.7 Å². The Hall–Kier alpha value is -2.10. The van der Waals surface area contributed by atoms with E-state index in [1.165, 1.54) is 23.7 Å². The molecule has 0 spiro atoms. The lowest BCUT2D eigenvalue weighted by Gasteiger charge is -2.14. The molecule has 1 N–H and O–H groups in total. The molecule has 0 bridgehead atoms. The van der Waals surface area contributed by atoms with Crippen molar-refractivity contribution in [3.63, 3.8) is 0 Å². The van der Waals surface area contributed by atoms with E-state index in [-0.39, 0.29) is 12.5 Å². The first-order valence-corrected chi connectivity index (χ1v) is 6.91. The summed E-state index contributed by atoms with van der Waals surface area (Å²) in [5.74, 6) is 5.66. The number of aromatic nitrogens is 1. The average Bonchev–Trinajstić information content (AvgIpc) is 3.09. The van der Waals surface area contributed by atoms with Gasteiger partial charge in [0.1, 0.15) is 6.26 Å². The zero-order valence-electron chi connectivity index (χ0n) is 11.0. The Morgan fingerprint density at radius 3 is 3.15 bits per heavy atom. The number of amides is 1. The number of carbonyl (C=O) groups is 1. The van der Waals surface area contributed by atoms with Crippen LogP contribution in [0.5, 0.6) is 0 Å². The lowest BCUT2D eigenvalue weighted by atomic mass is 10.2. The highest BCUT2D eigenvalue weighted by molar-refractivity contribution is 7.10. The zero-order chi connectivity index (χ0) is 14.4. The van der Waals surface area contributed by atoms with E-state index in [1.54, 1.807) is 11.9 Å². The Balaban J connectivity index is 1.97. The molecular weight excluding hydrogens is 276 g/mol. The van der Waals surface area contributed by atoms with Crippen molar-refractivity contribution in [2.45, 2.75) is 13.0 Å². The fourth-order valence-corrected chi connectivity index (χ4v) is 2.37. The molecule has 0 fully saturated rings. The minimum atomic E-state index is -0.183. The van der Waals surface area contributed by atoms with Crippen LogP contribution in [0.2, 0.25) is 0 Å². The Labute approximate surface area is 120 Å². The smallest absolute Gasteiger partial charge is 0.276 e. The molecule has 2 aromatic heterocycles. The van der Waals surface area contributed by atoms with Crippen molar-refractivity contribution in [2.75, 3.05) is 13.7 Å². The van der Waals surface area contributed by atoms with E-state index < -0.39 is 0 Å². The second kappa shape index (κ2) is 6.89. The third-order valence-electron chi connectivity index (χ3n) is 2.53. The maximum Gasteiger partial charge on any atom is 0.276 e. The van der Waals surface area contributed by atoms with Gasteiger partial charge in [0, 0.05) is 26.1 Å². The molecule has 0 unspecified atom stereocenters. The van der Waals surface area contributed by atoms with Crippen LogP contribution in [0.15, 0.2) is 28.3 Å². The molecule has 5 nitrogen and oxygen atoms in total. The maximum absolute atomic E-state index is 12.0. The second-order valence-electron chi connectivity index (χ2n) is 4.14. The van der Waals surface area contributed by atoms with Gasteiger partial charge in [-0.25, -0.2) is 0 Å². The topological polar surface area (TPSA) is 66.6 Å². The third kappa shape index (κ3) is 3.70. The highest BCUT2D eigenvalue weighted by atomic mass is 32.1. The van der Waals surface area contributed by atoms with Gasteiger partial charge < -0.3 is 14.5 Å². The number of hydrogen-bond acceptors (Lipinski definition) is 5. The fraction of sp³-hybridized carbons (Fsp3) is 0.286. The molecule has 0 saturated carbocycles.